The summed E-state index contributed by atoms with van der Waals surface area (Å²) in [5, 5.41) is 8.89. The molecule has 0 radical (unpaired) electrons. The number of carbonyl (C=O) groups excluding carboxylic acids is 1. The maximum atomic E-state index is 14.0. The Balaban J connectivity index is 0.000000248. The Kier molecular flexibility index (Phi) is 12.2. The lowest BCUT2D eigenvalue weighted by molar-refractivity contribution is -0.168. The van der Waals surface area contributed by atoms with E-state index in [1.54, 1.807) is 19.1 Å². The van der Waals surface area contributed by atoms with Gasteiger partial charge < -0.3 is 14.7 Å². The Morgan fingerprint density at radius 2 is 1.42 bits per heavy atom. The van der Waals surface area contributed by atoms with Crippen LogP contribution in [0.1, 0.15) is 49.8 Å². The van der Waals surface area contributed by atoms with Crippen LogP contribution in [0.25, 0.3) is 11.1 Å². The SMILES string of the molecule is CC(C(=O)O)c1ccc(-c2ccccc2)c(F)c1.CCC(=O)OC(Cc1ccccc1)(c1ccccc1)C(C)CN(C)C. The predicted octanol–water partition coefficient (Wildman–Crippen LogP) is 7.96. The van der Waals surface area contributed by atoms with E-state index < -0.39 is 23.3 Å². The first-order valence-corrected chi connectivity index (χ1v) is 14.6. The van der Waals surface area contributed by atoms with E-state index in [1.165, 1.54) is 11.6 Å². The molecule has 4 aromatic carbocycles. The van der Waals surface area contributed by atoms with E-state index in [2.05, 4.69) is 50.2 Å². The molecule has 0 saturated heterocycles. The molecule has 0 bridgehead atoms. The molecule has 0 aliphatic heterocycles. The Labute approximate surface area is 255 Å². The van der Waals surface area contributed by atoms with Crippen molar-refractivity contribution in [2.24, 2.45) is 5.92 Å². The monoisotopic (exact) mass is 583 g/mol. The van der Waals surface area contributed by atoms with Gasteiger partial charge in [-0.05, 0) is 49.3 Å². The number of carbonyl (C=O) groups is 2. The van der Waals surface area contributed by atoms with Gasteiger partial charge in [0.2, 0.25) is 0 Å². The topological polar surface area (TPSA) is 66.8 Å². The minimum Gasteiger partial charge on any atom is -0.481 e. The highest BCUT2D eigenvalue weighted by Gasteiger charge is 2.42. The van der Waals surface area contributed by atoms with Crippen molar-refractivity contribution in [1.29, 1.82) is 0 Å². The number of carboxylic acid groups (broad SMARTS) is 1. The van der Waals surface area contributed by atoms with E-state index >= 15 is 0 Å². The molecule has 5 nitrogen and oxygen atoms in total. The van der Waals surface area contributed by atoms with Crippen molar-refractivity contribution in [3.05, 3.63) is 132 Å². The molecule has 4 rings (SSSR count). The molecule has 1 N–H and O–H groups in total. The summed E-state index contributed by atoms with van der Waals surface area (Å²) >= 11 is 0. The fourth-order valence-electron chi connectivity index (χ4n) is 5.14. The number of ether oxygens (including phenoxy) is 1. The van der Waals surface area contributed by atoms with Crippen LogP contribution in [0.2, 0.25) is 0 Å². The maximum absolute atomic E-state index is 14.0. The van der Waals surface area contributed by atoms with Crippen molar-refractivity contribution in [3.8, 4) is 11.1 Å². The number of esters is 1. The van der Waals surface area contributed by atoms with Crippen LogP contribution in [0.3, 0.4) is 0 Å². The average Bonchev–Trinajstić information content (AvgIpc) is 3.01. The van der Waals surface area contributed by atoms with E-state index in [4.69, 9.17) is 9.84 Å². The van der Waals surface area contributed by atoms with Crippen LogP contribution in [0.15, 0.2) is 109 Å². The third-order valence-corrected chi connectivity index (χ3v) is 7.54. The molecule has 0 heterocycles. The lowest BCUT2D eigenvalue weighted by Gasteiger charge is -2.40. The summed E-state index contributed by atoms with van der Waals surface area (Å²) in [5.41, 5.74) is 3.27. The molecule has 43 heavy (non-hydrogen) atoms. The van der Waals surface area contributed by atoms with Crippen molar-refractivity contribution in [3.63, 3.8) is 0 Å². The second-order valence-electron chi connectivity index (χ2n) is 11.1. The largest absolute Gasteiger partial charge is 0.481 e. The van der Waals surface area contributed by atoms with Crippen molar-refractivity contribution >= 4 is 11.9 Å². The van der Waals surface area contributed by atoms with Gasteiger partial charge >= 0.3 is 11.9 Å². The molecular weight excluding hydrogens is 541 g/mol. The summed E-state index contributed by atoms with van der Waals surface area (Å²) in [7, 11) is 4.10. The van der Waals surface area contributed by atoms with Crippen molar-refractivity contribution in [1.82, 2.24) is 4.90 Å². The third-order valence-electron chi connectivity index (χ3n) is 7.54. The highest BCUT2D eigenvalue weighted by molar-refractivity contribution is 5.76. The summed E-state index contributed by atoms with van der Waals surface area (Å²) in [4.78, 5) is 25.3. The number of aliphatic carboxylic acids is 1. The van der Waals surface area contributed by atoms with E-state index in [1.807, 2.05) is 73.7 Å². The average molecular weight is 584 g/mol. The highest BCUT2D eigenvalue weighted by atomic mass is 19.1. The van der Waals surface area contributed by atoms with E-state index in [9.17, 15) is 14.0 Å². The maximum Gasteiger partial charge on any atom is 0.310 e. The number of hydrogen-bond donors (Lipinski definition) is 1. The first-order valence-electron chi connectivity index (χ1n) is 14.6. The molecule has 0 aromatic heterocycles. The molecule has 3 unspecified atom stereocenters. The Morgan fingerprint density at radius 1 is 0.860 bits per heavy atom. The number of halogens is 1. The van der Waals surface area contributed by atoms with E-state index in [0.29, 0.717) is 24.0 Å². The molecule has 3 atom stereocenters. The quantitative estimate of drug-likeness (QED) is 0.182. The molecule has 226 valence electrons. The van der Waals surface area contributed by atoms with Gasteiger partial charge in [-0.2, -0.15) is 0 Å². The molecule has 0 spiro atoms. The zero-order valence-electron chi connectivity index (χ0n) is 25.7. The fraction of sp³-hybridized carbons (Fsp3) is 0.297. The van der Waals surface area contributed by atoms with E-state index in [-0.39, 0.29) is 11.9 Å². The molecule has 0 aliphatic rings. The first kappa shape index (κ1) is 33.2. The van der Waals surface area contributed by atoms with Gasteiger partial charge in [0.1, 0.15) is 11.4 Å². The van der Waals surface area contributed by atoms with Gasteiger partial charge in [0.15, 0.2) is 0 Å². The molecule has 0 saturated carbocycles. The van der Waals surface area contributed by atoms with Crippen molar-refractivity contribution < 1.29 is 23.8 Å². The zero-order valence-corrected chi connectivity index (χ0v) is 25.7. The normalized spacial score (nSPS) is 13.7. The van der Waals surface area contributed by atoms with Crippen molar-refractivity contribution in [2.75, 3.05) is 20.6 Å². The smallest absolute Gasteiger partial charge is 0.310 e. The van der Waals surface area contributed by atoms with Crippen LogP contribution < -0.4 is 0 Å². The molecule has 0 amide bonds. The Hall–Kier alpha value is -4.29. The van der Waals surface area contributed by atoms with Gasteiger partial charge in [-0.15, -0.1) is 0 Å². The van der Waals surface area contributed by atoms with Gasteiger partial charge in [-0.3, -0.25) is 9.59 Å². The predicted molar refractivity (Wildman–Crippen MR) is 170 cm³/mol. The van der Waals surface area contributed by atoms with Gasteiger partial charge in [0.25, 0.3) is 0 Å². The fourth-order valence-corrected chi connectivity index (χ4v) is 5.14. The molecule has 0 fully saturated rings. The van der Waals surface area contributed by atoms with Crippen LogP contribution in [0.4, 0.5) is 4.39 Å². The highest BCUT2D eigenvalue weighted by Crippen LogP contribution is 2.38. The summed E-state index contributed by atoms with van der Waals surface area (Å²) in [6.07, 6.45) is 1.04. The lowest BCUT2D eigenvalue weighted by atomic mass is 9.77. The number of rotatable bonds is 11. The van der Waals surface area contributed by atoms with Crippen LogP contribution >= 0.6 is 0 Å². The second kappa shape index (κ2) is 15.8. The third kappa shape index (κ3) is 9.10. The summed E-state index contributed by atoms with van der Waals surface area (Å²) < 4.78 is 20.1. The minimum atomic E-state index is -0.957. The van der Waals surface area contributed by atoms with Crippen molar-refractivity contribution in [2.45, 2.75) is 45.1 Å². The number of nitrogens with zero attached hydrogens (tertiary/aromatic N) is 1. The number of hydrogen-bond acceptors (Lipinski definition) is 4. The molecular formula is C37H42FNO4. The Morgan fingerprint density at radius 3 is 1.93 bits per heavy atom. The van der Waals surface area contributed by atoms with Gasteiger partial charge in [0, 0.05) is 30.9 Å². The second-order valence-corrected chi connectivity index (χ2v) is 11.1. The van der Waals surface area contributed by atoms with Crippen LogP contribution in [0.5, 0.6) is 0 Å². The Bertz CT molecular complexity index is 1440. The van der Waals surface area contributed by atoms with E-state index in [0.717, 1.165) is 17.7 Å². The summed E-state index contributed by atoms with van der Waals surface area (Å²) in [5.74, 6) is -2.08. The number of benzene rings is 4. The molecule has 0 aliphatic carbocycles. The zero-order chi connectivity index (χ0) is 31.4. The van der Waals surface area contributed by atoms with Gasteiger partial charge in [-0.25, -0.2) is 4.39 Å². The first-order chi connectivity index (χ1) is 20.6. The van der Waals surface area contributed by atoms with Crippen LogP contribution in [-0.2, 0) is 26.3 Å². The number of carboxylic acids is 1. The van der Waals surface area contributed by atoms with Gasteiger partial charge in [-0.1, -0.05) is 117 Å². The van der Waals surface area contributed by atoms with Crippen LogP contribution in [-0.4, -0.2) is 42.6 Å². The molecule has 4 aromatic rings. The standard InChI is InChI=1S/C22H29NO2.C15H13FO2/c1-5-21(24)25-22(18(2)17-23(3)4,20-14-10-7-11-15-20)16-19-12-8-6-9-13-19;1-10(15(17)18)12-7-8-13(14(16)9-12)11-5-3-2-4-6-11/h6-15,18H,5,16-17H2,1-4H3;2-10H,1H3,(H,17,18). The van der Waals surface area contributed by atoms with Crippen LogP contribution in [0, 0.1) is 11.7 Å². The molecule has 6 heteroatoms. The summed E-state index contributed by atoms with van der Waals surface area (Å²) in [6, 6.07) is 34.2. The van der Waals surface area contributed by atoms with Gasteiger partial charge in [0.05, 0.1) is 5.92 Å². The summed E-state index contributed by atoms with van der Waals surface area (Å²) in [6.45, 7) is 6.38. The lowest BCUT2D eigenvalue weighted by Crippen LogP contribution is -2.44. The minimum absolute atomic E-state index is 0.139.